The molecule has 112 valence electrons. The Morgan fingerprint density at radius 3 is 2.33 bits per heavy atom. The van der Waals surface area contributed by atoms with Crippen molar-refractivity contribution in [3.05, 3.63) is 45.9 Å². The van der Waals surface area contributed by atoms with Crippen LogP contribution in [0.25, 0.3) is 0 Å². The van der Waals surface area contributed by atoms with Crippen molar-refractivity contribution in [2.45, 2.75) is 4.90 Å². The number of methoxy groups -OCH3 is 1. The zero-order valence-corrected chi connectivity index (χ0v) is 14.0. The second kappa shape index (κ2) is 6.23. The summed E-state index contributed by atoms with van der Waals surface area (Å²) in [6.07, 6.45) is 0. The fourth-order valence-corrected chi connectivity index (χ4v) is 2.81. The molecule has 2 N–H and O–H groups in total. The number of hydrogen-bond donors (Lipinski definition) is 1. The predicted molar refractivity (Wildman–Crippen MR) is 83.6 cm³/mol. The molecule has 8 heteroatoms. The van der Waals surface area contributed by atoms with Crippen LogP contribution in [0.4, 0.5) is 0 Å². The molecule has 2 aromatic carbocycles. The van der Waals surface area contributed by atoms with Crippen LogP contribution < -0.4 is 14.6 Å². The minimum Gasteiger partial charge on any atom is -0.497 e. The molecule has 0 unspecified atom stereocenters. The number of hydrogen-bond acceptors (Lipinski definition) is 4. The summed E-state index contributed by atoms with van der Waals surface area (Å²) >= 11 is 9.36. The van der Waals surface area contributed by atoms with E-state index in [0.29, 0.717) is 21.7 Å². The van der Waals surface area contributed by atoms with Crippen LogP contribution in [0.2, 0.25) is 5.02 Å². The van der Waals surface area contributed by atoms with E-state index in [0.717, 1.165) is 0 Å². The van der Waals surface area contributed by atoms with Gasteiger partial charge in [-0.2, -0.15) is 0 Å². The summed E-state index contributed by atoms with van der Waals surface area (Å²) in [5.41, 5.74) is 0. The van der Waals surface area contributed by atoms with Crippen LogP contribution in [0.5, 0.6) is 17.2 Å². The molecule has 0 spiro atoms. The van der Waals surface area contributed by atoms with E-state index < -0.39 is 10.0 Å². The number of nitrogens with two attached hydrogens (primary N) is 1. The maximum atomic E-state index is 11.2. The molecule has 0 fully saturated rings. The Labute approximate surface area is 135 Å². The second-order valence-corrected chi connectivity index (χ2v) is 6.86. The molecule has 0 aromatic heterocycles. The van der Waals surface area contributed by atoms with Crippen molar-refractivity contribution in [1.29, 1.82) is 0 Å². The summed E-state index contributed by atoms with van der Waals surface area (Å²) < 4.78 is 33.9. The van der Waals surface area contributed by atoms with E-state index in [1.165, 1.54) is 18.2 Å². The summed E-state index contributed by atoms with van der Waals surface area (Å²) in [6, 6.07) is 9.18. The molecule has 0 saturated carbocycles. The Morgan fingerprint density at radius 2 is 1.81 bits per heavy atom. The molecular formula is C13H11BrClNO4S. The highest BCUT2D eigenvalue weighted by Gasteiger charge is 2.13. The van der Waals surface area contributed by atoms with Crippen molar-refractivity contribution >= 4 is 37.6 Å². The van der Waals surface area contributed by atoms with E-state index in [1.54, 1.807) is 25.3 Å². The van der Waals surface area contributed by atoms with Gasteiger partial charge in [0.25, 0.3) is 0 Å². The Hall–Kier alpha value is -1.28. The lowest BCUT2D eigenvalue weighted by molar-refractivity contribution is 0.412. The molecule has 0 saturated heterocycles. The first-order chi connectivity index (χ1) is 9.81. The quantitative estimate of drug-likeness (QED) is 0.863. The summed E-state index contributed by atoms with van der Waals surface area (Å²) in [5.74, 6) is 1.50. The molecule has 0 amide bonds. The van der Waals surface area contributed by atoms with Gasteiger partial charge in [-0.3, -0.25) is 0 Å². The van der Waals surface area contributed by atoms with Crippen LogP contribution in [-0.4, -0.2) is 15.5 Å². The number of primary sulfonamides is 1. The largest absolute Gasteiger partial charge is 0.497 e. The van der Waals surface area contributed by atoms with E-state index in [2.05, 4.69) is 15.9 Å². The Morgan fingerprint density at radius 1 is 1.14 bits per heavy atom. The monoisotopic (exact) mass is 391 g/mol. The first kappa shape index (κ1) is 16.1. The highest BCUT2D eigenvalue weighted by Crippen LogP contribution is 2.36. The lowest BCUT2D eigenvalue weighted by atomic mass is 10.3. The molecular weight excluding hydrogens is 382 g/mol. The summed E-state index contributed by atoms with van der Waals surface area (Å²) in [7, 11) is -2.24. The van der Waals surface area contributed by atoms with Crippen LogP contribution >= 0.6 is 27.5 Å². The van der Waals surface area contributed by atoms with E-state index in [9.17, 15) is 8.42 Å². The van der Waals surface area contributed by atoms with Gasteiger partial charge in [-0.15, -0.1) is 0 Å². The van der Waals surface area contributed by atoms with Crippen LogP contribution in [0, 0.1) is 0 Å². The smallest absolute Gasteiger partial charge is 0.238 e. The number of rotatable bonds is 4. The maximum absolute atomic E-state index is 11.2. The number of sulfonamides is 1. The van der Waals surface area contributed by atoms with E-state index in [-0.39, 0.29) is 9.92 Å². The predicted octanol–water partition coefficient (Wildman–Crippen LogP) is 3.55. The van der Waals surface area contributed by atoms with Gasteiger partial charge < -0.3 is 9.47 Å². The third-order valence-corrected chi connectivity index (χ3v) is 4.42. The van der Waals surface area contributed by atoms with Gasteiger partial charge >= 0.3 is 0 Å². The van der Waals surface area contributed by atoms with Crippen molar-refractivity contribution < 1.29 is 17.9 Å². The molecule has 21 heavy (non-hydrogen) atoms. The van der Waals surface area contributed by atoms with Crippen LogP contribution in [0.3, 0.4) is 0 Å². The van der Waals surface area contributed by atoms with Gasteiger partial charge in [-0.05, 0) is 52.3 Å². The van der Waals surface area contributed by atoms with Gasteiger partial charge in [-0.1, -0.05) is 11.6 Å². The molecule has 0 heterocycles. The minimum atomic E-state index is -3.80. The van der Waals surface area contributed by atoms with Crippen molar-refractivity contribution in [2.75, 3.05) is 7.11 Å². The first-order valence-electron chi connectivity index (χ1n) is 5.65. The van der Waals surface area contributed by atoms with Gasteiger partial charge in [0.1, 0.15) is 17.2 Å². The zero-order chi connectivity index (χ0) is 15.6. The lowest BCUT2D eigenvalue weighted by Crippen LogP contribution is -2.11. The third-order valence-electron chi connectivity index (χ3n) is 2.59. The van der Waals surface area contributed by atoms with Gasteiger partial charge in [0.2, 0.25) is 10.0 Å². The average Bonchev–Trinajstić information content (AvgIpc) is 2.41. The van der Waals surface area contributed by atoms with Crippen LogP contribution in [-0.2, 0) is 10.0 Å². The van der Waals surface area contributed by atoms with Gasteiger partial charge in [-0.25, -0.2) is 13.6 Å². The van der Waals surface area contributed by atoms with Crippen LogP contribution in [0.15, 0.2) is 45.8 Å². The fraction of sp³-hybridized carbons (Fsp3) is 0.0769. The highest BCUT2D eigenvalue weighted by atomic mass is 79.9. The van der Waals surface area contributed by atoms with E-state index in [4.69, 9.17) is 26.2 Å². The van der Waals surface area contributed by atoms with E-state index in [1.807, 2.05) is 0 Å². The first-order valence-corrected chi connectivity index (χ1v) is 8.37. The number of halogens is 2. The van der Waals surface area contributed by atoms with E-state index >= 15 is 0 Å². The normalized spacial score (nSPS) is 11.2. The zero-order valence-electron chi connectivity index (χ0n) is 10.8. The van der Waals surface area contributed by atoms with Gasteiger partial charge in [0.05, 0.1) is 21.5 Å². The van der Waals surface area contributed by atoms with Crippen molar-refractivity contribution in [2.24, 2.45) is 5.14 Å². The SMILES string of the molecule is COc1ccc(Oc2ccc(S(N)(=O)=O)cc2Cl)c(Br)c1. The maximum Gasteiger partial charge on any atom is 0.238 e. The van der Waals surface area contributed by atoms with Crippen molar-refractivity contribution in [3.8, 4) is 17.2 Å². The van der Waals surface area contributed by atoms with Crippen molar-refractivity contribution in [3.63, 3.8) is 0 Å². The molecule has 0 bridgehead atoms. The summed E-state index contributed by atoms with van der Waals surface area (Å²) in [6.45, 7) is 0. The van der Waals surface area contributed by atoms with Crippen LogP contribution in [0.1, 0.15) is 0 Å². The molecule has 0 radical (unpaired) electrons. The molecule has 0 aliphatic rings. The number of ether oxygens (including phenoxy) is 2. The summed E-state index contributed by atoms with van der Waals surface area (Å²) in [5, 5.41) is 5.18. The topological polar surface area (TPSA) is 78.6 Å². The standard InChI is InChI=1S/C13H11BrClNO4S/c1-19-8-2-4-12(10(14)6-8)20-13-5-3-9(7-11(13)15)21(16,17)18/h2-7H,1H3,(H2,16,17,18). The summed E-state index contributed by atoms with van der Waals surface area (Å²) in [4.78, 5) is -0.0753. The Bertz CT molecular complexity index is 780. The van der Waals surface area contributed by atoms with Crippen molar-refractivity contribution in [1.82, 2.24) is 0 Å². The Balaban J connectivity index is 2.32. The van der Waals surface area contributed by atoms with Gasteiger partial charge in [0.15, 0.2) is 0 Å². The second-order valence-electron chi connectivity index (χ2n) is 4.04. The molecule has 0 aliphatic heterocycles. The molecule has 5 nitrogen and oxygen atoms in total. The Kier molecular flexibility index (Phi) is 4.77. The molecule has 2 rings (SSSR count). The fourth-order valence-electron chi connectivity index (χ4n) is 1.55. The molecule has 2 aromatic rings. The van der Waals surface area contributed by atoms with Gasteiger partial charge in [0, 0.05) is 0 Å². The number of benzene rings is 2. The minimum absolute atomic E-state index is 0.0753. The third kappa shape index (κ3) is 3.88. The lowest BCUT2D eigenvalue weighted by Gasteiger charge is -2.11. The average molecular weight is 393 g/mol. The molecule has 0 atom stereocenters. The highest BCUT2D eigenvalue weighted by molar-refractivity contribution is 9.10. The molecule has 0 aliphatic carbocycles.